The lowest BCUT2D eigenvalue weighted by molar-refractivity contribution is -0.137. The van der Waals surface area contributed by atoms with Crippen molar-refractivity contribution in [2.45, 2.75) is 12.6 Å². The van der Waals surface area contributed by atoms with Crippen molar-refractivity contribution in [3.8, 4) is 11.4 Å². The number of likely N-dealkylation sites (N-methyl/N-ethyl adjacent to an activating group) is 1. The smallest absolute Gasteiger partial charge is 0.343 e. The largest absolute Gasteiger partial charge is 0.416 e. The van der Waals surface area contributed by atoms with Crippen LogP contribution in [0.15, 0.2) is 42.7 Å². The minimum Gasteiger partial charge on any atom is -0.343 e. The number of halogens is 4. The highest BCUT2D eigenvalue weighted by Crippen LogP contribution is 2.35. The Balaban J connectivity index is 1.74. The summed E-state index contributed by atoms with van der Waals surface area (Å²) in [4.78, 5) is 19.8. The van der Waals surface area contributed by atoms with Gasteiger partial charge in [0.2, 0.25) is 0 Å². The number of fused-ring (bicyclic) bond motifs is 1. The summed E-state index contributed by atoms with van der Waals surface area (Å²) in [5, 5.41) is 8.04. The van der Waals surface area contributed by atoms with E-state index in [4.69, 9.17) is 0 Å². The molecule has 2 aromatic heterocycles. The number of hydrogen-bond acceptors (Lipinski definition) is 5. The Bertz CT molecular complexity index is 1160. The SMILES string of the molecule is CN1CCc2c(ccnc2-c2cc(N(C)c3cc(F)cc(C(F)(F)F)c3)cnn2)C1=O. The quantitative estimate of drug-likeness (QED) is 0.585. The molecule has 3 heterocycles. The molecule has 31 heavy (non-hydrogen) atoms. The molecule has 0 spiro atoms. The molecule has 1 aromatic carbocycles. The second-order valence-electron chi connectivity index (χ2n) is 7.22. The maximum atomic E-state index is 13.8. The van der Waals surface area contributed by atoms with Gasteiger partial charge in [0.1, 0.15) is 11.5 Å². The van der Waals surface area contributed by atoms with Crippen LogP contribution in [0.25, 0.3) is 11.4 Å². The van der Waals surface area contributed by atoms with Crippen LogP contribution in [-0.2, 0) is 12.6 Å². The van der Waals surface area contributed by atoms with Crippen molar-refractivity contribution >= 4 is 17.3 Å². The summed E-state index contributed by atoms with van der Waals surface area (Å²) in [6.07, 6.45) is -1.23. The van der Waals surface area contributed by atoms with Crippen LogP contribution >= 0.6 is 0 Å². The van der Waals surface area contributed by atoms with E-state index in [9.17, 15) is 22.4 Å². The van der Waals surface area contributed by atoms with Gasteiger partial charge in [-0.05, 0) is 42.3 Å². The third kappa shape index (κ3) is 3.92. The van der Waals surface area contributed by atoms with Crippen molar-refractivity contribution in [3.63, 3.8) is 0 Å². The van der Waals surface area contributed by atoms with Gasteiger partial charge in [-0.25, -0.2) is 4.39 Å². The van der Waals surface area contributed by atoms with Crippen LogP contribution < -0.4 is 4.90 Å². The average molecular weight is 431 g/mol. The summed E-state index contributed by atoms with van der Waals surface area (Å²) in [6.45, 7) is 0.529. The second kappa shape index (κ2) is 7.60. The molecular formula is C21H17F4N5O. The summed E-state index contributed by atoms with van der Waals surface area (Å²) in [5.41, 5.74) is 1.43. The highest BCUT2D eigenvalue weighted by atomic mass is 19.4. The zero-order valence-electron chi connectivity index (χ0n) is 16.6. The van der Waals surface area contributed by atoms with Gasteiger partial charge in [-0.15, -0.1) is 5.10 Å². The highest BCUT2D eigenvalue weighted by molar-refractivity contribution is 5.98. The molecule has 0 bridgehead atoms. The molecule has 6 nitrogen and oxygen atoms in total. The fourth-order valence-electron chi connectivity index (χ4n) is 3.49. The van der Waals surface area contributed by atoms with E-state index >= 15 is 0 Å². The molecule has 0 aliphatic carbocycles. The van der Waals surface area contributed by atoms with Gasteiger partial charge in [0.25, 0.3) is 5.91 Å². The van der Waals surface area contributed by atoms with Crippen molar-refractivity contribution in [1.82, 2.24) is 20.1 Å². The lowest BCUT2D eigenvalue weighted by atomic mass is 9.96. The zero-order chi connectivity index (χ0) is 22.3. The predicted octanol–water partition coefficient (Wildman–Crippen LogP) is 4.09. The van der Waals surface area contributed by atoms with Gasteiger partial charge in [0.15, 0.2) is 0 Å². The third-order valence-electron chi connectivity index (χ3n) is 5.20. The van der Waals surface area contributed by atoms with Gasteiger partial charge < -0.3 is 9.80 Å². The molecule has 1 aliphatic heterocycles. The first-order valence-corrected chi connectivity index (χ1v) is 9.33. The Morgan fingerprint density at radius 3 is 2.65 bits per heavy atom. The summed E-state index contributed by atoms with van der Waals surface area (Å²) >= 11 is 0. The molecule has 1 aliphatic rings. The lowest BCUT2D eigenvalue weighted by Crippen LogP contribution is -2.34. The molecule has 1 amide bonds. The molecule has 3 aromatic rings. The summed E-state index contributed by atoms with van der Waals surface area (Å²) in [5.74, 6) is -1.12. The van der Waals surface area contributed by atoms with Crippen molar-refractivity contribution in [3.05, 3.63) is 65.2 Å². The fourth-order valence-corrected chi connectivity index (χ4v) is 3.49. The monoisotopic (exact) mass is 431 g/mol. The molecule has 160 valence electrons. The van der Waals surface area contributed by atoms with E-state index in [1.807, 2.05) is 0 Å². The van der Waals surface area contributed by atoms with Crippen molar-refractivity contribution in [2.75, 3.05) is 25.5 Å². The lowest BCUT2D eigenvalue weighted by Gasteiger charge is -2.26. The number of carbonyl (C=O) groups is 1. The molecule has 0 unspecified atom stereocenters. The predicted molar refractivity (Wildman–Crippen MR) is 105 cm³/mol. The molecule has 0 saturated heterocycles. The standard InChI is InChI=1S/C21H17F4N5O/c1-29-6-4-16-17(20(29)31)3-5-26-19(16)18-10-15(11-27-28-18)30(2)14-8-12(21(23,24)25)7-13(22)9-14/h3,5,7-11H,4,6H2,1-2H3. The van der Waals surface area contributed by atoms with Gasteiger partial charge in [-0.3, -0.25) is 9.78 Å². The Labute approximate surface area is 175 Å². The summed E-state index contributed by atoms with van der Waals surface area (Å²) < 4.78 is 53.1. The number of rotatable bonds is 3. The number of benzene rings is 1. The van der Waals surface area contributed by atoms with E-state index in [1.54, 1.807) is 24.1 Å². The topological polar surface area (TPSA) is 62.2 Å². The number of amides is 1. The molecule has 0 atom stereocenters. The Hall–Kier alpha value is -3.56. The number of anilines is 2. The first kappa shape index (κ1) is 20.7. The number of pyridine rings is 1. The molecule has 0 saturated carbocycles. The molecule has 0 radical (unpaired) electrons. The fraction of sp³-hybridized carbons (Fsp3) is 0.238. The van der Waals surface area contributed by atoms with Crippen molar-refractivity contribution < 1.29 is 22.4 Å². The van der Waals surface area contributed by atoms with Gasteiger partial charge in [-0.2, -0.15) is 18.3 Å². The average Bonchev–Trinajstić information content (AvgIpc) is 2.74. The Morgan fingerprint density at radius 2 is 1.90 bits per heavy atom. The number of carbonyl (C=O) groups excluding carboxylic acids is 1. The maximum Gasteiger partial charge on any atom is 0.416 e. The summed E-state index contributed by atoms with van der Waals surface area (Å²) in [7, 11) is 3.22. The van der Waals surface area contributed by atoms with Crippen LogP contribution in [0.4, 0.5) is 28.9 Å². The van der Waals surface area contributed by atoms with E-state index in [2.05, 4.69) is 15.2 Å². The number of nitrogens with zero attached hydrogens (tertiary/aromatic N) is 5. The van der Waals surface area contributed by atoms with Gasteiger partial charge in [0, 0.05) is 38.1 Å². The van der Waals surface area contributed by atoms with Crippen LogP contribution in [0, 0.1) is 5.82 Å². The van der Waals surface area contributed by atoms with Crippen LogP contribution in [-0.4, -0.2) is 46.6 Å². The van der Waals surface area contributed by atoms with E-state index in [0.717, 1.165) is 17.7 Å². The Morgan fingerprint density at radius 1 is 1.13 bits per heavy atom. The van der Waals surface area contributed by atoms with Crippen molar-refractivity contribution in [2.24, 2.45) is 0 Å². The number of hydrogen-bond donors (Lipinski definition) is 0. The first-order chi connectivity index (χ1) is 14.6. The van der Waals surface area contributed by atoms with Gasteiger partial charge in [-0.1, -0.05) is 0 Å². The first-order valence-electron chi connectivity index (χ1n) is 9.33. The molecule has 4 rings (SSSR count). The third-order valence-corrected chi connectivity index (χ3v) is 5.20. The number of aromatic nitrogens is 3. The molecule has 0 fully saturated rings. The molecule has 10 heteroatoms. The van der Waals surface area contributed by atoms with Gasteiger partial charge >= 0.3 is 6.18 Å². The van der Waals surface area contributed by atoms with Crippen molar-refractivity contribution in [1.29, 1.82) is 0 Å². The highest BCUT2D eigenvalue weighted by Gasteiger charge is 2.32. The van der Waals surface area contributed by atoms with E-state index < -0.39 is 17.6 Å². The second-order valence-corrected chi connectivity index (χ2v) is 7.22. The Kier molecular flexibility index (Phi) is 5.08. The minimum atomic E-state index is -4.67. The number of alkyl halides is 3. The maximum absolute atomic E-state index is 13.8. The van der Waals surface area contributed by atoms with Crippen LogP contribution in [0.2, 0.25) is 0 Å². The van der Waals surface area contributed by atoms with Crippen LogP contribution in [0.3, 0.4) is 0 Å². The zero-order valence-corrected chi connectivity index (χ0v) is 16.6. The van der Waals surface area contributed by atoms with Crippen LogP contribution in [0.1, 0.15) is 21.5 Å². The minimum absolute atomic E-state index is 0.00567. The van der Waals surface area contributed by atoms with Crippen LogP contribution in [0.5, 0.6) is 0 Å². The molecule has 0 N–H and O–H groups in total. The van der Waals surface area contributed by atoms with Gasteiger partial charge in [0.05, 0.1) is 23.1 Å². The summed E-state index contributed by atoms with van der Waals surface area (Å²) in [6, 6.07) is 5.55. The normalized spacial score (nSPS) is 13.9. The van der Waals surface area contributed by atoms with E-state index in [0.29, 0.717) is 41.7 Å². The molecular weight excluding hydrogens is 414 g/mol. The van der Waals surface area contributed by atoms with E-state index in [1.165, 1.54) is 24.3 Å². The van der Waals surface area contributed by atoms with E-state index in [-0.39, 0.29) is 11.6 Å².